The van der Waals surface area contributed by atoms with Crippen LogP contribution < -0.4 is 10.6 Å². The number of nitrogens with two attached hydrogens (primary N) is 1. The highest BCUT2D eigenvalue weighted by Gasteiger charge is 2.11. The number of anilines is 1. The third-order valence-corrected chi connectivity index (χ3v) is 2.30. The van der Waals surface area contributed by atoms with Gasteiger partial charge in [0.25, 0.3) is 0 Å². The highest BCUT2D eigenvalue weighted by atomic mass is 35.5. The molecule has 5 heteroatoms. The summed E-state index contributed by atoms with van der Waals surface area (Å²) in [5.41, 5.74) is 5.93. The number of benzene rings is 1. The molecule has 0 heterocycles. The van der Waals surface area contributed by atoms with Crippen LogP contribution in [0.3, 0.4) is 0 Å². The van der Waals surface area contributed by atoms with Crippen molar-refractivity contribution < 1.29 is 9.50 Å². The molecule has 0 fully saturated rings. The minimum Gasteiger partial charge on any atom is -0.395 e. The number of hydrogen-bond donors (Lipinski definition) is 2. The number of halogens is 2. The van der Waals surface area contributed by atoms with E-state index in [1.54, 1.807) is 11.9 Å². The molecular formula is C10H14ClFN2O. The van der Waals surface area contributed by atoms with Crippen molar-refractivity contribution in [2.24, 2.45) is 5.73 Å². The minimum absolute atomic E-state index is 0.132. The van der Waals surface area contributed by atoms with E-state index in [0.717, 1.165) is 0 Å². The van der Waals surface area contributed by atoms with Crippen LogP contribution in [-0.4, -0.2) is 31.3 Å². The van der Waals surface area contributed by atoms with Gasteiger partial charge in [-0.2, -0.15) is 0 Å². The lowest BCUT2D eigenvalue weighted by molar-refractivity contribution is 0.267. The van der Waals surface area contributed by atoms with E-state index in [1.165, 1.54) is 18.2 Å². The van der Waals surface area contributed by atoms with Crippen molar-refractivity contribution in [3.8, 4) is 0 Å². The first-order valence-corrected chi connectivity index (χ1v) is 4.95. The molecule has 0 aromatic heterocycles. The fourth-order valence-electron chi connectivity index (χ4n) is 1.29. The molecular weight excluding hydrogens is 219 g/mol. The molecule has 0 saturated heterocycles. The lowest BCUT2D eigenvalue weighted by atomic mass is 10.2. The fraction of sp³-hybridized carbons (Fsp3) is 0.400. The average Bonchev–Trinajstić information content (AvgIpc) is 2.21. The lowest BCUT2D eigenvalue weighted by Crippen LogP contribution is -2.38. The summed E-state index contributed by atoms with van der Waals surface area (Å²) in [4.78, 5) is 1.63. The van der Waals surface area contributed by atoms with Gasteiger partial charge in [0.2, 0.25) is 0 Å². The van der Waals surface area contributed by atoms with Crippen molar-refractivity contribution in [1.29, 1.82) is 0 Å². The normalized spacial score (nSPS) is 12.6. The van der Waals surface area contributed by atoms with Crippen molar-refractivity contribution >= 4 is 17.3 Å². The van der Waals surface area contributed by atoms with Crippen LogP contribution in [0.2, 0.25) is 5.02 Å². The van der Waals surface area contributed by atoms with Gasteiger partial charge < -0.3 is 15.7 Å². The van der Waals surface area contributed by atoms with E-state index in [-0.39, 0.29) is 12.4 Å². The highest BCUT2D eigenvalue weighted by molar-refractivity contribution is 6.30. The number of aliphatic hydroxyl groups is 1. The third kappa shape index (κ3) is 3.34. The van der Waals surface area contributed by atoms with Gasteiger partial charge in [-0.3, -0.25) is 0 Å². The summed E-state index contributed by atoms with van der Waals surface area (Å²) in [6, 6.07) is 3.92. The zero-order valence-electron chi connectivity index (χ0n) is 8.45. The van der Waals surface area contributed by atoms with Gasteiger partial charge in [-0.25, -0.2) is 4.39 Å². The van der Waals surface area contributed by atoms with E-state index in [9.17, 15) is 4.39 Å². The van der Waals surface area contributed by atoms with Crippen molar-refractivity contribution in [3.05, 3.63) is 29.0 Å². The molecule has 0 aliphatic heterocycles. The molecule has 0 aliphatic rings. The van der Waals surface area contributed by atoms with Gasteiger partial charge in [-0.05, 0) is 18.2 Å². The molecule has 0 aliphatic carbocycles. The van der Waals surface area contributed by atoms with Crippen LogP contribution in [0.5, 0.6) is 0 Å². The number of likely N-dealkylation sites (N-methyl/N-ethyl adjacent to an activating group) is 1. The summed E-state index contributed by atoms with van der Waals surface area (Å²) in [6.07, 6.45) is 0. The molecule has 0 amide bonds. The predicted octanol–water partition coefficient (Wildman–Crippen LogP) is 1.23. The number of nitrogens with zero attached hydrogens (tertiary/aromatic N) is 1. The van der Waals surface area contributed by atoms with E-state index in [4.69, 9.17) is 22.4 Å². The van der Waals surface area contributed by atoms with Gasteiger partial charge in [0, 0.05) is 24.7 Å². The Bertz CT molecular complexity index is 335. The first-order chi connectivity index (χ1) is 7.04. The Morgan fingerprint density at radius 3 is 2.87 bits per heavy atom. The third-order valence-electron chi connectivity index (χ3n) is 2.06. The van der Waals surface area contributed by atoms with Crippen LogP contribution in [-0.2, 0) is 0 Å². The Morgan fingerprint density at radius 2 is 2.27 bits per heavy atom. The topological polar surface area (TPSA) is 49.5 Å². The quantitative estimate of drug-likeness (QED) is 0.821. The monoisotopic (exact) mass is 232 g/mol. The highest BCUT2D eigenvalue weighted by Crippen LogP contribution is 2.22. The van der Waals surface area contributed by atoms with Crippen molar-refractivity contribution in [2.45, 2.75) is 6.04 Å². The number of aliphatic hydroxyl groups excluding tert-OH is 1. The second-order valence-electron chi connectivity index (χ2n) is 3.42. The van der Waals surface area contributed by atoms with Crippen molar-refractivity contribution in [1.82, 2.24) is 0 Å². The zero-order valence-corrected chi connectivity index (χ0v) is 9.21. The van der Waals surface area contributed by atoms with Gasteiger partial charge in [0.1, 0.15) is 5.82 Å². The van der Waals surface area contributed by atoms with Gasteiger partial charge in [-0.1, -0.05) is 11.6 Å². The van der Waals surface area contributed by atoms with Gasteiger partial charge in [-0.15, -0.1) is 0 Å². The molecule has 1 aromatic rings. The maximum absolute atomic E-state index is 13.4. The number of rotatable bonds is 4. The Hall–Kier alpha value is -0.840. The zero-order chi connectivity index (χ0) is 11.4. The first-order valence-electron chi connectivity index (χ1n) is 4.57. The standard InChI is InChI=1S/C10H14ClFN2O/c1-14(5-8(13)6-15)10-4-7(11)2-3-9(10)12/h2-4,8,15H,5-6,13H2,1H3. The molecule has 1 rings (SSSR count). The maximum atomic E-state index is 13.4. The molecule has 3 N–H and O–H groups in total. The van der Waals surface area contributed by atoms with Gasteiger partial charge in [0.05, 0.1) is 12.3 Å². The van der Waals surface area contributed by atoms with E-state index in [0.29, 0.717) is 17.3 Å². The van der Waals surface area contributed by atoms with E-state index in [2.05, 4.69) is 0 Å². The Labute approximate surface area is 93.3 Å². The first kappa shape index (κ1) is 12.2. The molecule has 0 saturated carbocycles. The molecule has 3 nitrogen and oxygen atoms in total. The maximum Gasteiger partial charge on any atom is 0.146 e. The van der Waals surface area contributed by atoms with Crippen molar-refractivity contribution in [2.75, 3.05) is 25.1 Å². The molecule has 1 atom stereocenters. The summed E-state index contributed by atoms with van der Waals surface area (Å²) < 4.78 is 13.4. The summed E-state index contributed by atoms with van der Waals surface area (Å²) in [7, 11) is 1.70. The second-order valence-corrected chi connectivity index (χ2v) is 3.86. The van der Waals surface area contributed by atoms with E-state index >= 15 is 0 Å². The minimum atomic E-state index is -0.395. The van der Waals surface area contributed by atoms with Crippen LogP contribution in [0.25, 0.3) is 0 Å². The van der Waals surface area contributed by atoms with Gasteiger partial charge in [0.15, 0.2) is 0 Å². The molecule has 0 radical (unpaired) electrons. The molecule has 84 valence electrons. The van der Waals surface area contributed by atoms with Crippen molar-refractivity contribution in [3.63, 3.8) is 0 Å². The van der Waals surface area contributed by atoms with Crippen LogP contribution in [0.4, 0.5) is 10.1 Å². The number of hydrogen-bond acceptors (Lipinski definition) is 3. The van der Waals surface area contributed by atoms with E-state index < -0.39 is 6.04 Å². The summed E-state index contributed by atoms with van der Waals surface area (Å²) in [5.74, 6) is -0.355. The Kier molecular flexibility index (Phi) is 4.32. The Balaban J connectivity index is 2.80. The second kappa shape index (κ2) is 5.30. The summed E-state index contributed by atoms with van der Waals surface area (Å²) >= 11 is 5.76. The Morgan fingerprint density at radius 1 is 1.60 bits per heavy atom. The molecule has 1 unspecified atom stereocenters. The molecule has 0 bridgehead atoms. The fourth-order valence-corrected chi connectivity index (χ4v) is 1.45. The predicted molar refractivity (Wildman–Crippen MR) is 59.7 cm³/mol. The smallest absolute Gasteiger partial charge is 0.146 e. The lowest BCUT2D eigenvalue weighted by Gasteiger charge is -2.22. The molecule has 0 spiro atoms. The van der Waals surface area contributed by atoms with Crippen LogP contribution in [0.15, 0.2) is 18.2 Å². The van der Waals surface area contributed by atoms with Crippen LogP contribution in [0, 0.1) is 5.82 Å². The van der Waals surface area contributed by atoms with Gasteiger partial charge >= 0.3 is 0 Å². The van der Waals surface area contributed by atoms with Crippen LogP contribution >= 0.6 is 11.6 Å². The van der Waals surface area contributed by atoms with E-state index in [1.807, 2.05) is 0 Å². The molecule has 15 heavy (non-hydrogen) atoms. The van der Waals surface area contributed by atoms with Crippen LogP contribution in [0.1, 0.15) is 0 Å². The largest absolute Gasteiger partial charge is 0.395 e. The average molecular weight is 233 g/mol. The summed E-state index contributed by atoms with van der Waals surface area (Å²) in [6.45, 7) is 0.236. The SMILES string of the molecule is CN(CC(N)CO)c1cc(Cl)ccc1F. The molecule has 1 aromatic carbocycles. The summed E-state index contributed by atoms with van der Waals surface area (Å²) in [5, 5.41) is 9.25.